The maximum Gasteiger partial charge on any atom is 0.323 e. The highest BCUT2D eigenvalue weighted by atomic mass is 32.1. The van der Waals surface area contributed by atoms with Crippen molar-refractivity contribution in [1.29, 1.82) is 0 Å². The second-order valence-electron chi connectivity index (χ2n) is 4.48. The van der Waals surface area contributed by atoms with E-state index >= 15 is 0 Å². The molecule has 0 aliphatic heterocycles. The fourth-order valence-corrected chi connectivity index (χ4v) is 2.50. The zero-order valence-corrected chi connectivity index (χ0v) is 11.6. The summed E-state index contributed by atoms with van der Waals surface area (Å²) in [7, 11) is 0. The van der Waals surface area contributed by atoms with Crippen LogP contribution in [-0.4, -0.2) is 27.4 Å². The van der Waals surface area contributed by atoms with E-state index in [1.54, 1.807) is 11.3 Å². The van der Waals surface area contributed by atoms with Crippen molar-refractivity contribution in [3.63, 3.8) is 0 Å². The predicted octanol–water partition coefficient (Wildman–Crippen LogP) is 1.26. The third-order valence-electron chi connectivity index (χ3n) is 2.63. The Labute approximate surface area is 114 Å². The van der Waals surface area contributed by atoms with E-state index in [4.69, 9.17) is 0 Å². The number of nitrogens with zero attached hydrogens (tertiary/aromatic N) is 1. The van der Waals surface area contributed by atoms with Crippen LogP contribution in [0.4, 0.5) is 0 Å². The molecule has 0 radical (unpaired) electrons. The third kappa shape index (κ3) is 3.54. The lowest BCUT2D eigenvalue weighted by molar-refractivity contribution is 0.0949. The van der Waals surface area contributed by atoms with E-state index in [0.29, 0.717) is 18.9 Å². The first-order valence-corrected chi connectivity index (χ1v) is 6.94. The third-order valence-corrected chi connectivity index (χ3v) is 3.55. The van der Waals surface area contributed by atoms with Crippen molar-refractivity contribution in [2.24, 2.45) is 0 Å². The molecule has 0 fully saturated rings. The summed E-state index contributed by atoms with van der Waals surface area (Å²) in [4.78, 5) is 31.8. The van der Waals surface area contributed by atoms with Gasteiger partial charge in [-0.25, -0.2) is 9.78 Å². The molecule has 6 nitrogen and oxygen atoms in total. The molecule has 0 saturated heterocycles. The topological polar surface area (TPSA) is 90.6 Å². The van der Waals surface area contributed by atoms with Crippen LogP contribution in [0.25, 0.3) is 0 Å². The number of rotatable bonds is 5. The number of H-pyrrole nitrogens is 2. The number of thiazole rings is 1. The molecular weight excluding hydrogens is 264 g/mol. The Morgan fingerprint density at radius 2 is 2.32 bits per heavy atom. The summed E-state index contributed by atoms with van der Waals surface area (Å²) >= 11 is 1.60. The van der Waals surface area contributed by atoms with Crippen LogP contribution in [0.3, 0.4) is 0 Å². The second kappa shape index (κ2) is 5.83. The quantitative estimate of drug-likeness (QED) is 0.770. The number of hydrogen-bond donors (Lipinski definition) is 3. The number of imidazole rings is 1. The minimum Gasteiger partial charge on any atom is -0.350 e. The minimum absolute atomic E-state index is 0.243. The average Bonchev–Trinajstić information content (AvgIpc) is 2.98. The first-order chi connectivity index (χ1) is 9.06. The summed E-state index contributed by atoms with van der Waals surface area (Å²) in [5.41, 5.74) is 0.944. The number of carbonyl (C=O) groups is 1. The van der Waals surface area contributed by atoms with E-state index < -0.39 is 0 Å². The van der Waals surface area contributed by atoms with E-state index in [2.05, 4.69) is 34.1 Å². The molecular formula is C12H16N4O2S. The molecule has 19 heavy (non-hydrogen) atoms. The minimum atomic E-state index is -0.383. The molecule has 0 aliphatic rings. The smallest absolute Gasteiger partial charge is 0.323 e. The highest BCUT2D eigenvalue weighted by Gasteiger charge is 2.08. The summed E-state index contributed by atoms with van der Waals surface area (Å²) in [5.74, 6) is 0.128. The van der Waals surface area contributed by atoms with Crippen LogP contribution >= 0.6 is 11.3 Å². The van der Waals surface area contributed by atoms with Gasteiger partial charge in [0.15, 0.2) is 0 Å². The summed E-state index contributed by atoms with van der Waals surface area (Å²) < 4.78 is 0. The van der Waals surface area contributed by atoms with Gasteiger partial charge in [0.1, 0.15) is 5.69 Å². The van der Waals surface area contributed by atoms with Gasteiger partial charge in [-0.15, -0.1) is 11.3 Å². The van der Waals surface area contributed by atoms with Crippen LogP contribution < -0.4 is 11.0 Å². The van der Waals surface area contributed by atoms with E-state index in [0.717, 1.165) is 10.7 Å². The van der Waals surface area contributed by atoms with Crippen molar-refractivity contribution >= 4 is 17.2 Å². The van der Waals surface area contributed by atoms with Crippen LogP contribution in [0.15, 0.2) is 16.4 Å². The largest absolute Gasteiger partial charge is 0.350 e. The van der Waals surface area contributed by atoms with Gasteiger partial charge in [0.25, 0.3) is 5.91 Å². The fourth-order valence-electron chi connectivity index (χ4n) is 1.54. The van der Waals surface area contributed by atoms with E-state index in [-0.39, 0.29) is 17.3 Å². The highest BCUT2D eigenvalue weighted by Crippen LogP contribution is 2.17. The Hall–Kier alpha value is -1.89. The second-order valence-corrected chi connectivity index (χ2v) is 5.43. The Morgan fingerprint density at radius 1 is 1.53 bits per heavy atom. The average molecular weight is 280 g/mol. The van der Waals surface area contributed by atoms with Crippen LogP contribution in [0.1, 0.15) is 41.0 Å². The Bertz CT molecular complexity index is 611. The number of carbonyl (C=O) groups excluding carboxylic acids is 1. The maximum atomic E-state index is 11.6. The first kappa shape index (κ1) is 13.5. The molecule has 3 N–H and O–H groups in total. The molecule has 2 heterocycles. The van der Waals surface area contributed by atoms with Crippen molar-refractivity contribution in [3.05, 3.63) is 38.5 Å². The highest BCUT2D eigenvalue weighted by molar-refractivity contribution is 7.09. The molecule has 2 aromatic heterocycles. The number of aromatic nitrogens is 3. The molecule has 0 unspecified atom stereocenters. The number of aromatic amines is 2. The number of nitrogens with one attached hydrogen (secondary N) is 3. The Morgan fingerprint density at radius 3 is 2.89 bits per heavy atom. The maximum absolute atomic E-state index is 11.6. The molecule has 0 saturated carbocycles. The van der Waals surface area contributed by atoms with Gasteiger partial charge in [-0.05, 0) is 5.92 Å². The van der Waals surface area contributed by atoms with Gasteiger partial charge >= 0.3 is 5.69 Å². The molecule has 2 rings (SSSR count). The van der Waals surface area contributed by atoms with Crippen molar-refractivity contribution in [2.45, 2.75) is 26.2 Å². The Balaban J connectivity index is 1.83. The van der Waals surface area contributed by atoms with Crippen molar-refractivity contribution in [1.82, 2.24) is 20.3 Å². The zero-order valence-electron chi connectivity index (χ0n) is 10.8. The molecule has 0 aromatic carbocycles. The van der Waals surface area contributed by atoms with Crippen molar-refractivity contribution in [2.75, 3.05) is 6.54 Å². The Kier molecular flexibility index (Phi) is 4.16. The van der Waals surface area contributed by atoms with Gasteiger partial charge in [0.05, 0.1) is 10.7 Å². The van der Waals surface area contributed by atoms with Crippen LogP contribution in [-0.2, 0) is 6.42 Å². The lowest BCUT2D eigenvalue weighted by atomic mass is 10.2. The van der Waals surface area contributed by atoms with Gasteiger partial charge in [0.2, 0.25) is 0 Å². The summed E-state index contributed by atoms with van der Waals surface area (Å²) in [6.07, 6.45) is 2.05. The van der Waals surface area contributed by atoms with Gasteiger partial charge < -0.3 is 15.3 Å². The lowest BCUT2D eigenvalue weighted by Crippen LogP contribution is -2.26. The number of hydrogen-bond acceptors (Lipinski definition) is 4. The normalized spacial score (nSPS) is 10.9. The molecule has 102 valence electrons. The van der Waals surface area contributed by atoms with Crippen LogP contribution in [0.5, 0.6) is 0 Å². The van der Waals surface area contributed by atoms with Crippen LogP contribution in [0, 0.1) is 0 Å². The molecule has 1 amide bonds. The molecule has 0 atom stereocenters. The standard InChI is InChI=1S/C12H16N4O2S/c1-7(2)9-6-19-10(15-9)3-4-13-11(17)8-5-14-12(18)16-8/h5-7H,3-4H2,1-2H3,(H,13,17)(H2,14,16,18). The summed E-state index contributed by atoms with van der Waals surface area (Å²) in [6, 6.07) is 0. The molecule has 0 aliphatic carbocycles. The van der Waals surface area contributed by atoms with E-state index in [9.17, 15) is 9.59 Å². The van der Waals surface area contributed by atoms with Crippen LogP contribution in [0.2, 0.25) is 0 Å². The predicted molar refractivity (Wildman–Crippen MR) is 73.7 cm³/mol. The van der Waals surface area contributed by atoms with Gasteiger partial charge in [-0.2, -0.15) is 0 Å². The van der Waals surface area contributed by atoms with E-state index in [1.165, 1.54) is 6.20 Å². The van der Waals surface area contributed by atoms with E-state index in [1.807, 2.05) is 5.38 Å². The van der Waals surface area contributed by atoms with Gasteiger partial charge in [-0.3, -0.25) is 4.79 Å². The summed E-state index contributed by atoms with van der Waals surface area (Å²) in [5, 5.41) is 5.79. The fraction of sp³-hybridized carbons (Fsp3) is 0.417. The lowest BCUT2D eigenvalue weighted by Gasteiger charge is -2.01. The molecule has 0 bridgehead atoms. The SMILES string of the molecule is CC(C)c1csc(CCNC(=O)c2c[nH]c(=O)[nH]2)n1. The zero-order chi connectivity index (χ0) is 13.8. The van der Waals surface area contributed by atoms with Gasteiger partial charge in [-0.1, -0.05) is 13.8 Å². The summed E-state index contributed by atoms with van der Waals surface area (Å²) in [6.45, 7) is 4.70. The monoisotopic (exact) mass is 280 g/mol. The molecule has 7 heteroatoms. The van der Waals surface area contributed by atoms with Crippen molar-refractivity contribution < 1.29 is 4.79 Å². The van der Waals surface area contributed by atoms with Gasteiger partial charge in [0, 0.05) is 24.5 Å². The molecule has 2 aromatic rings. The first-order valence-electron chi connectivity index (χ1n) is 6.06. The molecule has 0 spiro atoms. The number of amides is 1. The van der Waals surface area contributed by atoms with Crippen molar-refractivity contribution in [3.8, 4) is 0 Å².